The highest BCUT2D eigenvalue weighted by Crippen LogP contribution is 2.15. The van der Waals surface area contributed by atoms with Gasteiger partial charge in [-0.25, -0.2) is 0 Å². The Morgan fingerprint density at radius 3 is 2.54 bits per heavy atom. The van der Waals surface area contributed by atoms with Crippen LogP contribution >= 0.6 is 22.9 Å². The van der Waals surface area contributed by atoms with Crippen LogP contribution in [-0.4, -0.2) is 51.8 Å². The van der Waals surface area contributed by atoms with Crippen LogP contribution in [0.2, 0.25) is 5.02 Å². The van der Waals surface area contributed by atoms with E-state index in [0.717, 1.165) is 38.5 Å². The van der Waals surface area contributed by atoms with Gasteiger partial charge in [-0.15, -0.1) is 11.3 Å². The zero-order valence-corrected chi connectivity index (χ0v) is 16.4. The lowest BCUT2D eigenvalue weighted by atomic mass is 10.3. The highest BCUT2D eigenvalue weighted by molar-refractivity contribution is 7.09. The minimum atomic E-state index is 0.0985. The topological polar surface area (TPSA) is 47.2 Å². The summed E-state index contributed by atoms with van der Waals surface area (Å²) in [5.41, 5.74) is 0. The number of nitrogens with one attached hydrogen (secondary N) is 3. The normalized spacial score (nSPS) is 19.9. The molecule has 1 saturated heterocycles. The second-order valence-corrected chi connectivity index (χ2v) is 8.05. The maximum absolute atomic E-state index is 12.1. The standard InChI is InChI=1S/C19H24ClN3O2S/c20-16-3-5-17(6-4-16)25-12-7-21-19(24)15-23-10-8-22(9-11-23)14-18-2-1-13-26-18/h1-6,13H,7-12,14-15H2,(H,21,24)/p+2. The first-order valence-corrected chi connectivity index (χ1v) is 10.3. The molecule has 2 heterocycles. The summed E-state index contributed by atoms with van der Waals surface area (Å²) >= 11 is 7.66. The molecule has 3 rings (SSSR count). The maximum Gasteiger partial charge on any atom is 0.275 e. The van der Waals surface area contributed by atoms with Crippen molar-refractivity contribution in [3.05, 3.63) is 51.7 Å². The number of thiophene rings is 1. The number of ether oxygens (including phenoxy) is 1. The van der Waals surface area contributed by atoms with Gasteiger partial charge in [0.05, 0.1) is 11.4 Å². The van der Waals surface area contributed by atoms with E-state index in [1.165, 1.54) is 9.78 Å². The number of benzene rings is 1. The number of hydrogen-bond donors (Lipinski definition) is 3. The Labute approximate surface area is 163 Å². The molecule has 0 spiro atoms. The van der Waals surface area contributed by atoms with Crippen LogP contribution in [0.1, 0.15) is 4.88 Å². The molecule has 0 atom stereocenters. The van der Waals surface area contributed by atoms with E-state index < -0.39 is 0 Å². The Bertz CT molecular complexity index is 671. The van der Waals surface area contributed by atoms with E-state index >= 15 is 0 Å². The molecule has 0 unspecified atom stereocenters. The molecule has 0 bridgehead atoms. The van der Waals surface area contributed by atoms with Crippen LogP contribution in [0.5, 0.6) is 5.75 Å². The van der Waals surface area contributed by atoms with Gasteiger partial charge >= 0.3 is 0 Å². The first-order valence-electron chi connectivity index (χ1n) is 9.03. The van der Waals surface area contributed by atoms with Gasteiger partial charge in [-0.2, -0.15) is 0 Å². The summed E-state index contributed by atoms with van der Waals surface area (Å²) in [6.07, 6.45) is 0. The molecule has 0 radical (unpaired) electrons. The molecule has 1 aromatic carbocycles. The maximum atomic E-state index is 12.1. The van der Waals surface area contributed by atoms with Crippen molar-refractivity contribution in [3.63, 3.8) is 0 Å². The second-order valence-electron chi connectivity index (χ2n) is 6.59. The quantitative estimate of drug-likeness (QED) is 0.546. The highest BCUT2D eigenvalue weighted by Gasteiger charge is 2.24. The molecule has 1 aliphatic rings. The predicted octanol–water partition coefficient (Wildman–Crippen LogP) is -0.120. The second kappa shape index (κ2) is 9.92. The number of piperazine rings is 1. The van der Waals surface area contributed by atoms with Crippen LogP contribution < -0.4 is 19.9 Å². The summed E-state index contributed by atoms with van der Waals surface area (Å²) in [6.45, 7) is 6.99. The van der Waals surface area contributed by atoms with E-state index in [9.17, 15) is 4.79 Å². The van der Waals surface area contributed by atoms with Crippen molar-refractivity contribution in [1.29, 1.82) is 0 Å². The van der Waals surface area contributed by atoms with Crippen LogP contribution in [0, 0.1) is 0 Å². The van der Waals surface area contributed by atoms with Crippen LogP contribution in [0.3, 0.4) is 0 Å². The fraction of sp³-hybridized carbons (Fsp3) is 0.421. The van der Waals surface area contributed by atoms with Gasteiger partial charge in [0.1, 0.15) is 45.1 Å². The molecular formula is C19H26ClN3O2S+2. The Morgan fingerprint density at radius 1 is 1.12 bits per heavy atom. The molecule has 2 aromatic rings. The number of rotatable bonds is 8. The fourth-order valence-electron chi connectivity index (χ4n) is 3.15. The fourth-order valence-corrected chi connectivity index (χ4v) is 4.05. The van der Waals surface area contributed by atoms with Crippen LogP contribution in [-0.2, 0) is 11.3 Å². The molecular weight excluding hydrogens is 370 g/mol. The summed E-state index contributed by atoms with van der Waals surface area (Å²) in [5, 5.41) is 5.77. The van der Waals surface area contributed by atoms with E-state index in [2.05, 4.69) is 22.8 Å². The third-order valence-corrected chi connectivity index (χ3v) is 5.71. The number of carbonyl (C=O) groups excluding carboxylic acids is 1. The zero-order chi connectivity index (χ0) is 18.2. The van der Waals surface area contributed by atoms with Crippen LogP contribution in [0.25, 0.3) is 0 Å². The van der Waals surface area contributed by atoms with Crippen LogP contribution in [0.4, 0.5) is 0 Å². The minimum Gasteiger partial charge on any atom is -0.492 e. The number of amides is 1. The number of halogens is 1. The third-order valence-electron chi connectivity index (χ3n) is 4.59. The number of quaternary nitrogens is 2. The Hall–Kier alpha value is -1.60. The first kappa shape index (κ1) is 19.2. The van der Waals surface area contributed by atoms with Crippen molar-refractivity contribution in [3.8, 4) is 5.75 Å². The number of carbonyl (C=O) groups is 1. The molecule has 0 saturated carbocycles. The van der Waals surface area contributed by atoms with Crippen LogP contribution in [0.15, 0.2) is 41.8 Å². The van der Waals surface area contributed by atoms with E-state index in [-0.39, 0.29) is 5.91 Å². The van der Waals surface area contributed by atoms with Gasteiger partial charge in [0, 0.05) is 5.02 Å². The van der Waals surface area contributed by atoms with Gasteiger partial charge in [-0.05, 0) is 35.7 Å². The lowest BCUT2D eigenvalue weighted by Gasteiger charge is -2.29. The molecule has 7 heteroatoms. The average molecular weight is 396 g/mol. The van der Waals surface area contributed by atoms with Crippen molar-refractivity contribution in [1.82, 2.24) is 5.32 Å². The monoisotopic (exact) mass is 395 g/mol. The molecule has 1 aromatic heterocycles. The number of hydrogen-bond acceptors (Lipinski definition) is 3. The van der Waals surface area contributed by atoms with Crippen molar-refractivity contribution in [2.24, 2.45) is 0 Å². The Morgan fingerprint density at radius 2 is 1.85 bits per heavy atom. The summed E-state index contributed by atoms with van der Waals surface area (Å²) in [6, 6.07) is 11.6. The summed E-state index contributed by atoms with van der Waals surface area (Å²) < 4.78 is 5.58. The minimum absolute atomic E-state index is 0.0985. The molecule has 140 valence electrons. The Kier molecular flexibility index (Phi) is 7.32. The summed E-state index contributed by atoms with van der Waals surface area (Å²) in [5.74, 6) is 0.862. The van der Waals surface area contributed by atoms with E-state index in [1.807, 2.05) is 23.5 Å². The van der Waals surface area contributed by atoms with Gasteiger partial charge in [0.15, 0.2) is 6.54 Å². The molecule has 3 N–H and O–H groups in total. The molecule has 0 aliphatic carbocycles. The van der Waals surface area contributed by atoms with Crippen molar-refractivity contribution >= 4 is 28.8 Å². The predicted molar refractivity (Wildman–Crippen MR) is 104 cm³/mol. The lowest BCUT2D eigenvalue weighted by molar-refractivity contribution is -1.01. The average Bonchev–Trinajstić information content (AvgIpc) is 3.15. The Balaban J connectivity index is 1.27. The molecule has 26 heavy (non-hydrogen) atoms. The molecule has 5 nitrogen and oxygen atoms in total. The van der Waals surface area contributed by atoms with Gasteiger partial charge in [-0.1, -0.05) is 17.7 Å². The zero-order valence-electron chi connectivity index (χ0n) is 14.8. The molecule has 1 aliphatic heterocycles. The SMILES string of the molecule is O=C(C[NH+]1CC[NH+](Cc2cccs2)CC1)NCCOc1ccc(Cl)cc1. The van der Waals surface area contributed by atoms with E-state index in [4.69, 9.17) is 16.3 Å². The smallest absolute Gasteiger partial charge is 0.275 e. The van der Waals surface area contributed by atoms with Crippen molar-refractivity contribution < 1.29 is 19.3 Å². The lowest BCUT2D eigenvalue weighted by Crippen LogP contribution is -3.28. The van der Waals surface area contributed by atoms with E-state index in [0.29, 0.717) is 24.7 Å². The largest absolute Gasteiger partial charge is 0.492 e. The summed E-state index contributed by atoms with van der Waals surface area (Å²) in [7, 11) is 0. The first-order chi connectivity index (χ1) is 12.7. The highest BCUT2D eigenvalue weighted by atomic mass is 35.5. The van der Waals surface area contributed by atoms with E-state index in [1.54, 1.807) is 17.0 Å². The van der Waals surface area contributed by atoms with Crippen molar-refractivity contribution in [2.45, 2.75) is 6.54 Å². The van der Waals surface area contributed by atoms with Gasteiger partial charge < -0.3 is 19.9 Å². The molecule has 1 fully saturated rings. The van der Waals surface area contributed by atoms with Gasteiger partial charge in [0.2, 0.25) is 0 Å². The van der Waals surface area contributed by atoms with Crippen molar-refractivity contribution in [2.75, 3.05) is 45.9 Å². The summed E-state index contributed by atoms with van der Waals surface area (Å²) in [4.78, 5) is 16.5. The van der Waals surface area contributed by atoms with Gasteiger partial charge in [-0.3, -0.25) is 4.79 Å². The van der Waals surface area contributed by atoms with Gasteiger partial charge in [0.25, 0.3) is 5.91 Å². The molecule has 1 amide bonds. The third kappa shape index (κ3) is 6.29.